The summed E-state index contributed by atoms with van der Waals surface area (Å²) in [5.74, 6) is 0. The molecule has 2 N–H and O–H groups in total. The van der Waals surface area contributed by atoms with Crippen LogP contribution in [0.2, 0.25) is 0 Å². The van der Waals surface area contributed by atoms with Crippen LogP contribution >= 0.6 is 0 Å². The minimum absolute atomic E-state index is 0.635. The average molecular weight is 216 g/mol. The van der Waals surface area contributed by atoms with E-state index in [0.29, 0.717) is 6.54 Å². The Morgan fingerprint density at radius 3 is 3.00 bits per heavy atom. The van der Waals surface area contributed by atoms with Crippen molar-refractivity contribution < 1.29 is 9.90 Å². The standard InChI is InChI=1S/C12H12N2O2/c15-12(16)14-10-4-2-1-3-8(10)9-5-6-13-7-11(9)14/h1-4,13H,5-7H2,(H,15,16). The molecular weight excluding hydrogens is 204 g/mol. The van der Waals surface area contributed by atoms with Gasteiger partial charge in [0.2, 0.25) is 0 Å². The Morgan fingerprint density at radius 2 is 2.19 bits per heavy atom. The summed E-state index contributed by atoms with van der Waals surface area (Å²) in [7, 11) is 0. The number of hydrogen-bond donors (Lipinski definition) is 2. The van der Waals surface area contributed by atoms with Gasteiger partial charge in [0, 0.05) is 17.6 Å². The third-order valence-electron chi connectivity index (χ3n) is 3.12. The van der Waals surface area contributed by atoms with Crippen LogP contribution in [0.4, 0.5) is 4.79 Å². The van der Waals surface area contributed by atoms with E-state index in [1.54, 1.807) is 0 Å². The molecular formula is C12H12N2O2. The Hall–Kier alpha value is -1.81. The molecule has 0 radical (unpaired) electrons. The summed E-state index contributed by atoms with van der Waals surface area (Å²) in [5.41, 5.74) is 2.86. The highest BCUT2D eigenvalue weighted by Crippen LogP contribution is 2.28. The quantitative estimate of drug-likeness (QED) is 0.706. The summed E-state index contributed by atoms with van der Waals surface area (Å²) in [6.45, 7) is 1.55. The molecule has 0 saturated carbocycles. The van der Waals surface area contributed by atoms with E-state index in [1.807, 2.05) is 24.3 Å². The molecule has 0 saturated heterocycles. The Balaban J connectivity index is 2.41. The van der Waals surface area contributed by atoms with Crippen LogP contribution in [-0.2, 0) is 13.0 Å². The largest absolute Gasteiger partial charge is 0.464 e. The van der Waals surface area contributed by atoms with E-state index in [1.165, 1.54) is 10.1 Å². The van der Waals surface area contributed by atoms with Gasteiger partial charge in [0.05, 0.1) is 5.52 Å². The Bertz CT molecular complexity index is 572. The summed E-state index contributed by atoms with van der Waals surface area (Å²) in [5, 5.41) is 13.5. The summed E-state index contributed by atoms with van der Waals surface area (Å²) in [6, 6.07) is 7.69. The van der Waals surface area contributed by atoms with Crippen molar-refractivity contribution >= 4 is 17.0 Å². The first-order chi connectivity index (χ1) is 7.79. The van der Waals surface area contributed by atoms with E-state index in [0.717, 1.165) is 29.6 Å². The molecule has 82 valence electrons. The van der Waals surface area contributed by atoms with Crippen molar-refractivity contribution in [2.24, 2.45) is 0 Å². The van der Waals surface area contributed by atoms with Gasteiger partial charge in [-0.05, 0) is 24.6 Å². The average Bonchev–Trinajstić information content (AvgIpc) is 2.63. The van der Waals surface area contributed by atoms with Crippen molar-refractivity contribution in [1.29, 1.82) is 0 Å². The van der Waals surface area contributed by atoms with E-state index in [4.69, 9.17) is 0 Å². The molecule has 2 heterocycles. The lowest BCUT2D eigenvalue weighted by Gasteiger charge is -2.14. The monoisotopic (exact) mass is 216 g/mol. The molecule has 1 aliphatic heterocycles. The van der Waals surface area contributed by atoms with Crippen LogP contribution in [0.25, 0.3) is 10.9 Å². The first-order valence-electron chi connectivity index (χ1n) is 5.34. The first-order valence-corrected chi connectivity index (χ1v) is 5.34. The lowest BCUT2D eigenvalue weighted by molar-refractivity contribution is 0.196. The number of para-hydroxylation sites is 1. The lowest BCUT2D eigenvalue weighted by atomic mass is 10.1. The van der Waals surface area contributed by atoms with Gasteiger partial charge >= 0.3 is 6.09 Å². The summed E-state index contributed by atoms with van der Waals surface area (Å²) < 4.78 is 1.40. The Morgan fingerprint density at radius 1 is 1.38 bits per heavy atom. The maximum absolute atomic E-state index is 11.3. The van der Waals surface area contributed by atoms with E-state index in [-0.39, 0.29) is 0 Å². The molecule has 1 aromatic heterocycles. The highest BCUT2D eigenvalue weighted by atomic mass is 16.4. The normalized spacial score (nSPS) is 15.0. The highest BCUT2D eigenvalue weighted by Gasteiger charge is 2.22. The number of hydrogen-bond acceptors (Lipinski definition) is 2. The van der Waals surface area contributed by atoms with Gasteiger partial charge in [-0.25, -0.2) is 9.36 Å². The molecule has 16 heavy (non-hydrogen) atoms. The molecule has 0 unspecified atom stereocenters. The van der Waals surface area contributed by atoms with Crippen molar-refractivity contribution in [1.82, 2.24) is 9.88 Å². The van der Waals surface area contributed by atoms with E-state index in [9.17, 15) is 9.90 Å². The van der Waals surface area contributed by atoms with Crippen LogP contribution in [0, 0.1) is 0 Å². The van der Waals surface area contributed by atoms with Gasteiger partial charge in [-0.2, -0.15) is 0 Å². The van der Waals surface area contributed by atoms with Crippen LogP contribution < -0.4 is 5.32 Å². The minimum Gasteiger partial charge on any atom is -0.464 e. The van der Waals surface area contributed by atoms with Gasteiger partial charge in [0.25, 0.3) is 0 Å². The van der Waals surface area contributed by atoms with E-state index in [2.05, 4.69) is 5.32 Å². The maximum atomic E-state index is 11.3. The highest BCUT2D eigenvalue weighted by molar-refractivity contribution is 5.93. The number of aromatic nitrogens is 1. The first kappa shape index (κ1) is 9.42. The van der Waals surface area contributed by atoms with Gasteiger partial charge in [0.15, 0.2) is 0 Å². The molecule has 1 aromatic carbocycles. The number of nitrogens with one attached hydrogen (secondary N) is 1. The van der Waals surface area contributed by atoms with Gasteiger partial charge < -0.3 is 10.4 Å². The summed E-state index contributed by atoms with van der Waals surface area (Å²) in [4.78, 5) is 11.3. The fourth-order valence-electron chi connectivity index (χ4n) is 2.46. The van der Waals surface area contributed by atoms with Crippen LogP contribution in [-0.4, -0.2) is 22.3 Å². The van der Waals surface area contributed by atoms with Crippen molar-refractivity contribution in [3.63, 3.8) is 0 Å². The minimum atomic E-state index is -0.902. The van der Waals surface area contributed by atoms with Gasteiger partial charge in [-0.1, -0.05) is 18.2 Å². The molecule has 0 amide bonds. The number of carboxylic acid groups (broad SMARTS) is 1. The van der Waals surface area contributed by atoms with Gasteiger partial charge in [-0.3, -0.25) is 0 Å². The predicted octanol–water partition coefficient (Wildman–Crippen LogP) is 1.81. The third kappa shape index (κ3) is 1.17. The van der Waals surface area contributed by atoms with Crippen LogP contribution in [0.5, 0.6) is 0 Å². The summed E-state index contributed by atoms with van der Waals surface area (Å²) in [6.07, 6.45) is -0.00278. The second kappa shape index (κ2) is 3.35. The van der Waals surface area contributed by atoms with Crippen LogP contribution in [0.15, 0.2) is 24.3 Å². The second-order valence-electron chi connectivity index (χ2n) is 3.99. The Kier molecular flexibility index (Phi) is 1.97. The fourth-order valence-corrected chi connectivity index (χ4v) is 2.46. The topological polar surface area (TPSA) is 54.3 Å². The van der Waals surface area contributed by atoms with Crippen LogP contribution in [0.1, 0.15) is 11.3 Å². The lowest BCUT2D eigenvalue weighted by Crippen LogP contribution is -2.26. The second-order valence-corrected chi connectivity index (χ2v) is 3.99. The number of carbonyl (C=O) groups is 1. The zero-order chi connectivity index (χ0) is 11.1. The van der Waals surface area contributed by atoms with Crippen molar-refractivity contribution in [3.05, 3.63) is 35.5 Å². The van der Waals surface area contributed by atoms with Crippen LogP contribution in [0.3, 0.4) is 0 Å². The molecule has 0 spiro atoms. The number of rotatable bonds is 0. The van der Waals surface area contributed by atoms with Gasteiger partial charge in [-0.15, -0.1) is 0 Å². The summed E-state index contributed by atoms with van der Waals surface area (Å²) >= 11 is 0. The molecule has 0 aliphatic carbocycles. The molecule has 2 aromatic rings. The van der Waals surface area contributed by atoms with Crippen molar-refractivity contribution in [2.75, 3.05) is 6.54 Å². The predicted molar refractivity (Wildman–Crippen MR) is 60.8 cm³/mol. The molecule has 4 heteroatoms. The molecule has 0 atom stereocenters. The van der Waals surface area contributed by atoms with E-state index < -0.39 is 6.09 Å². The number of benzene rings is 1. The SMILES string of the molecule is O=C(O)n1c2c(c3ccccc31)CCNC2. The van der Waals surface area contributed by atoms with Crippen molar-refractivity contribution in [3.8, 4) is 0 Å². The third-order valence-corrected chi connectivity index (χ3v) is 3.12. The molecule has 1 aliphatic rings. The smallest absolute Gasteiger partial charge is 0.416 e. The molecule has 0 fully saturated rings. The molecule has 0 bridgehead atoms. The fraction of sp³-hybridized carbons (Fsp3) is 0.250. The van der Waals surface area contributed by atoms with E-state index >= 15 is 0 Å². The number of fused-ring (bicyclic) bond motifs is 3. The molecule has 4 nitrogen and oxygen atoms in total. The number of nitrogens with zero attached hydrogens (tertiary/aromatic N) is 1. The maximum Gasteiger partial charge on any atom is 0.416 e. The van der Waals surface area contributed by atoms with Gasteiger partial charge in [0.1, 0.15) is 0 Å². The van der Waals surface area contributed by atoms with Crippen molar-refractivity contribution in [2.45, 2.75) is 13.0 Å². The Labute approximate surface area is 92.5 Å². The molecule has 3 rings (SSSR count). The zero-order valence-corrected chi connectivity index (χ0v) is 8.73. The zero-order valence-electron chi connectivity index (χ0n) is 8.73.